The van der Waals surface area contributed by atoms with Crippen molar-refractivity contribution in [2.75, 3.05) is 19.6 Å². The van der Waals surface area contributed by atoms with Gasteiger partial charge in [-0.1, -0.05) is 24.3 Å². The van der Waals surface area contributed by atoms with Crippen LogP contribution >= 0.6 is 0 Å². The average Bonchev–Trinajstić information content (AvgIpc) is 2.71. The molecule has 0 spiro atoms. The molecule has 2 aromatic carbocycles. The fraction of sp³-hybridized carbons (Fsp3) is 0.458. The van der Waals surface area contributed by atoms with Gasteiger partial charge in [0.05, 0.1) is 25.2 Å². The van der Waals surface area contributed by atoms with E-state index in [1.165, 1.54) is 9.80 Å². The van der Waals surface area contributed by atoms with Crippen LogP contribution in [0, 0.1) is 0 Å². The molecule has 1 aliphatic heterocycles. The van der Waals surface area contributed by atoms with Crippen molar-refractivity contribution in [3.05, 3.63) is 47.5 Å². The lowest BCUT2D eigenvalue weighted by atomic mass is 9.94. The molecule has 1 heterocycles. The highest BCUT2D eigenvalue weighted by Crippen LogP contribution is 2.29. The van der Waals surface area contributed by atoms with E-state index in [4.69, 9.17) is 0 Å². The van der Waals surface area contributed by atoms with E-state index in [1.807, 2.05) is 24.3 Å². The number of nitrogens with one attached hydrogen (secondary N) is 2. The second kappa shape index (κ2) is 9.39. The van der Waals surface area contributed by atoms with Crippen LogP contribution in [0.5, 0.6) is 0 Å². The van der Waals surface area contributed by atoms with Crippen molar-refractivity contribution < 1.29 is 19.3 Å². The lowest BCUT2D eigenvalue weighted by Gasteiger charge is -2.27. The first-order valence-electron chi connectivity index (χ1n) is 10.8. The number of nitrogens with zero attached hydrogens (tertiary/aromatic N) is 1. The van der Waals surface area contributed by atoms with Crippen LogP contribution in [-0.4, -0.2) is 54.3 Å². The van der Waals surface area contributed by atoms with Crippen molar-refractivity contribution >= 4 is 28.5 Å². The molecule has 3 rings (SSSR count). The van der Waals surface area contributed by atoms with E-state index in [0.717, 1.165) is 17.3 Å². The average molecular weight is 411 g/mol. The zero-order chi connectivity index (χ0) is 21.8. The SMILES string of the molecule is CC(C)[NH+](CCNC(=O)CCCN1C(=O)c2cccc3cccc(c23)C1=O)C(C)C. The Kier molecular flexibility index (Phi) is 6.87. The quantitative estimate of drug-likeness (QED) is 0.622. The molecule has 3 amide bonds. The first kappa shape index (κ1) is 22.0. The van der Waals surface area contributed by atoms with Gasteiger partial charge in [-0.2, -0.15) is 0 Å². The maximum absolute atomic E-state index is 12.9. The number of rotatable bonds is 9. The Hall–Kier alpha value is -2.73. The van der Waals surface area contributed by atoms with Gasteiger partial charge < -0.3 is 10.2 Å². The molecule has 0 aromatic heterocycles. The highest BCUT2D eigenvalue weighted by molar-refractivity contribution is 6.25. The molecule has 6 nitrogen and oxygen atoms in total. The monoisotopic (exact) mass is 410 g/mol. The number of hydrogen-bond donors (Lipinski definition) is 2. The maximum Gasteiger partial charge on any atom is 0.261 e. The summed E-state index contributed by atoms with van der Waals surface area (Å²) in [6.07, 6.45) is 0.744. The third-order valence-corrected chi connectivity index (χ3v) is 5.86. The summed E-state index contributed by atoms with van der Waals surface area (Å²) >= 11 is 0. The molecule has 0 saturated carbocycles. The van der Waals surface area contributed by atoms with Crippen LogP contribution < -0.4 is 10.2 Å². The van der Waals surface area contributed by atoms with Gasteiger partial charge in [0, 0.05) is 29.5 Å². The van der Waals surface area contributed by atoms with E-state index in [0.29, 0.717) is 42.6 Å². The minimum absolute atomic E-state index is 0.0405. The minimum Gasteiger partial charge on any atom is -0.350 e. The Morgan fingerprint density at radius 1 is 0.967 bits per heavy atom. The van der Waals surface area contributed by atoms with Gasteiger partial charge in [-0.15, -0.1) is 0 Å². The van der Waals surface area contributed by atoms with Crippen LogP contribution in [0.3, 0.4) is 0 Å². The molecular formula is C24H32N3O3+. The van der Waals surface area contributed by atoms with Crippen molar-refractivity contribution in [3.8, 4) is 0 Å². The highest BCUT2D eigenvalue weighted by Gasteiger charge is 2.32. The molecule has 0 saturated heterocycles. The predicted molar refractivity (Wildman–Crippen MR) is 118 cm³/mol. The molecule has 1 aliphatic rings. The third-order valence-electron chi connectivity index (χ3n) is 5.86. The Balaban J connectivity index is 1.54. The molecule has 2 N–H and O–H groups in total. The fourth-order valence-electron chi connectivity index (χ4n) is 4.36. The zero-order valence-electron chi connectivity index (χ0n) is 18.3. The second-order valence-electron chi connectivity index (χ2n) is 8.56. The van der Waals surface area contributed by atoms with E-state index in [2.05, 4.69) is 33.0 Å². The summed E-state index contributed by atoms with van der Waals surface area (Å²) in [5.41, 5.74) is 1.11. The topological polar surface area (TPSA) is 70.9 Å². The van der Waals surface area contributed by atoms with E-state index in [-0.39, 0.29) is 24.3 Å². The highest BCUT2D eigenvalue weighted by atomic mass is 16.2. The summed E-state index contributed by atoms with van der Waals surface area (Å²) in [4.78, 5) is 40.7. The number of quaternary nitrogens is 1. The van der Waals surface area contributed by atoms with E-state index in [1.54, 1.807) is 12.1 Å². The molecule has 160 valence electrons. The lowest BCUT2D eigenvalue weighted by Crippen LogP contribution is -3.18. The number of imide groups is 1. The maximum atomic E-state index is 12.9. The molecular weight excluding hydrogens is 378 g/mol. The largest absolute Gasteiger partial charge is 0.350 e. The van der Waals surface area contributed by atoms with Crippen molar-refractivity contribution in [1.82, 2.24) is 10.2 Å². The van der Waals surface area contributed by atoms with Crippen molar-refractivity contribution in [3.63, 3.8) is 0 Å². The van der Waals surface area contributed by atoms with Gasteiger partial charge in [-0.05, 0) is 51.6 Å². The van der Waals surface area contributed by atoms with Gasteiger partial charge in [-0.25, -0.2) is 0 Å². The second-order valence-corrected chi connectivity index (χ2v) is 8.56. The number of carbonyl (C=O) groups excluding carboxylic acids is 3. The molecule has 6 heteroatoms. The van der Waals surface area contributed by atoms with Crippen LogP contribution in [0.1, 0.15) is 61.3 Å². The summed E-state index contributed by atoms with van der Waals surface area (Å²) in [6.45, 7) is 10.5. The molecule has 0 unspecified atom stereocenters. The molecule has 30 heavy (non-hydrogen) atoms. The van der Waals surface area contributed by atoms with Gasteiger partial charge in [0.25, 0.3) is 11.8 Å². The first-order chi connectivity index (χ1) is 14.3. The van der Waals surface area contributed by atoms with Crippen LogP contribution in [0.4, 0.5) is 0 Å². The Labute approximate surface area is 178 Å². The van der Waals surface area contributed by atoms with Gasteiger partial charge in [0.15, 0.2) is 0 Å². The fourth-order valence-corrected chi connectivity index (χ4v) is 4.36. The third kappa shape index (κ3) is 4.54. The van der Waals surface area contributed by atoms with E-state index < -0.39 is 0 Å². The van der Waals surface area contributed by atoms with E-state index in [9.17, 15) is 14.4 Å². The molecule has 0 radical (unpaired) electrons. The summed E-state index contributed by atoms with van der Waals surface area (Å²) in [5.74, 6) is -0.600. The molecule has 0 fully saturated rings. The van der Waals surface area contributed by atoms with Crippen LogP contribution in [0.15, 0.2) is 36.4 Å². The zero-order valence-corrected chi connectivity index (χ0v) is 18.3. The van der Waals surface area contributed by atoms with Crippen molar-refractivity contribution in [1.29, 1.82) is 0 Å². The van der Waals surface area contributed by atoms with Gasteiger partial charge in [0.2, 0.25) is 5.91 Å². The first-order valence-corrected chi connectivity index (χ1v) is 10.8. The number of amides is 3. The minimum atomic E-state index is -0.280. The van der Waals surface area contributed by atoms with Crippen molar-refractivity contribution in [2.45, 2.75) is 52.6 Å². The number of hydrogen-bond acceptors (Lipinski definition) is 3. The Morgan fingerprint density at radius 2 is 1.53 bits per heavy atom. The standard InChI is InChI=1S/C24H31N3O3/c1-16(2)26(17(3)4)15-13-25-21(28)12-7-14-27-23(29)19-10-5-8-18-9-6-11-20(22(18)19)24(27)30/h5-6,8-11,16-17H,7,12-15H2,1-4H3,(H,25,28)/p+1. The number of benzene rings is 2. The predicted octanol–water partition coefficient (Wildman–Crippen LogP) is 2.03. The normalized spacial score (nSPS) is 13.8. The Bertz CT molecular complexity index is 893. The summed E-state index contributed by atoms with van der Waals surface area (Å²) < 4.78 is 0. The molecule has 0 bridgehead atoms. The van der Waals surface area contributed by atoms with Gasteiger partial charge in [0.1, 0.15) is 0 Å². The smallest absolute Gasteiger partial charge is 0.261 e. The van der Waals surface area contributed by atoms with Gasteiger partial charge in [-0.3, -0.25) is 19.3 Å². The summed E-state index contributed by atoms with van der Waals surface area (Å²) in [6, 6.07) is 12.0. The van der Waals surface area contributed by atoms with Crippen LogP contribution in [0.25, 0.3) is 10.8 Å². The van der Waals surface area contributed by atoms with Crippen molar-refractivity contribution in [2.24, 2.45) is 0 Å². The molecule has 2 aromatic rings. The lowest BCUT2D eigenvalue weighted by molar-refractivity contribution is -0.941. The Morgan fingerprint density at radius 3 is 2.07 bits per heavy atom. The summed E-state index contributed by atoms with van der Waals surface area (Å²) in [5, 5.41) is 4.59. The molecule has 0 aliphatic carbocycles. The number of carbonyl (C=O) groups is 3. The molecule has 0 atom stereocenters. The van der Waals surface area contributed by atoms with E-state index >= 15 is 0 Å². The summed E-state index contributed by atoms with van der Waals surface area (Å²) in [7, 11) is 0. The van der Waals surface area contributed by atoms with Crippen LogP contribution in [-0.2, 0) is 4.79 Å². The van der Waals surface area contributed by atoms with Gasteiger partial charge >= 0.3 is 0 Å². The van der Waals surface area contributed by atoms with Crippen LogP contribution in [0.2, 0.25) is 0 Å².